The predicted molar refractivity (Wildman–Crippen MR) is 61.7 cm³/mol. The number of hydrogen-bond donors (Lipinski definition) is 0. The minimum atomic E-state index is -0.425. The van der Waals surface area contributed by atoms with Crippen molar-refractivity contribution >= 4 is 0 Å². The minimum absolute atomic E-state index is 0.425. The summed E-state index contributed by atoms with van der Waals surface area (Å²) in [5, 5.41) is 9.00. The predicted octanol–water partition coefficient (Wildman–Crippen LogP) is 4.00. The van der Waals surface area contributed by atoms with Crippen LogP contribution < -0.4 is 0 Å². The summed E-state index contributed by atoms with van der Waals surface area (Å²) in [6.45, 7) is 13.7. The van der Waals surface area contributed by atoms with E-state index in [1.54, 1.807) is 0 Å². The van der Waals surface area contributed by atoms with Gasteiger partial charge in [-0.1, -0.05) is 24.3 Å². The summed E-state index contributed by atoms with van der Waals surface area (Å²) in [6.07, 6.45) is 4.02. The molecule has 0 aromatic heterocycles. The van der Waals surface area contributed by atoms with E-state index in [4.69, 9.17) is 5.26 Å². The van der Waals surface area contributed by atoms with Crippen molar-refractivity contribution < 1.29 is 0 Å². The van der Waals surface area contributed by atoms with E-state index in [0.29, 0.717) is 0 Å². The Bertz CT molecular complexity index is 322. The first-order chi connectivity index (χ1) is 6.35. The first-order valence-electron chi connectivity index (χ1n) is 4.77. The highest BCUT2D eigenvalue weighted by molar-refractivity contribution is 5.38. The van der Waals surface area contributed by atoms with Crippen LogP contribution >= 0.6 is 0 Å². The van der Waals surface area contributed by atoms with Gasteiger partial charge in [0, 0.05) is 0 Å². The SMILES string of the molecule is C=C(C)/C(C)=C/C(=C\C)C(C)(C)C#N. The monoisotopic (exact) mass is 189 g/mol. The van der Waals surface area contributed by atoms with Crippen LogP contribution in [-0.4, -0.2) is 0 Å². The third kappa shape index (κ3) is 3.22. The fourth-order valence-electron chi connectivity index (χ4n) is 1.05. The summed E-state index contributed by atoms with van der Waals surface area (Å²) < 4.78 is 0. The van der Waals surface area contributed by atoms with Crippen LogP contribution in [0.15, 0.2) is 35.5 Å². The van der Waals surface area contributed by atoms with Crippen LogP contribution in [-0.2, 0) is 0 Å². The quantitative estimate of drug-likeness (QED) is 0.615. The third-order valence-corrected chi connectivity index (χ3v) is 2.36. The maximum absolute atomic E-state index is 9.00. The molecule has 1 nitrogen and oxygen atoms in total. The molecule has 0 radical (unpaired) electrons. The van der Waals surface area contributed by atoms with Crippen LogP contribution in [0, 0.1) is 16.7 Å². The molecule has 14 heavy (non-hydrogen) atoms. The molecule has 76 valence electrons. The van der Waals surface area contributed by atoms with Gasteiger partial charge in [-0.05, 0) is 45.8 Å². The Morgan fingerprint density at radius 3 is 2.14 bits per heavy atom. The van der Waals surface area contributed by atoms with Crippen molar-refractivity contribution in [3.63, 3.8) is 0 Å². The molecule has 0 spiro atoms. The number of nitriles is 1. The zero-order chi connectivity index (χ0) is 11.4. The van der Waals surface area contributed by atoms with Gasteiger partial charge in [0.15, 0.2) is 0 Å². The van der Waals surface area contributed by atoms with E-state index in [1.165, 1.54) is 0 Å². The number of hydrogen-bond acceptors (Lipinski definition) is 1. The zero-order valence-electron chi connectivity index (χ0n) is 9.81. The van der Waals surface area contributed by atoms with Gasteiger partial charge in [-0.3, -0.25) is 0 Å². The minimum Gasteiger partial charge on any atom is -0.197 e. The van der Waals surface area contributed by atoms with Crippen LogP contribution in [0.4, 0.5) is 0 Å². The molecule has 0 unspecified atom stereocenters. The average Bonchev–Trinajstić information content (AvgIpc) is 2.13. The van der Waals surface area contributed by atoms with Crippen molar-refractivity contribution in [1.82, 2.24) is 0 Å². The van der Waals surface area contributed by atoms with Crippen LogP contribution in [0.25, 0.3) is 0 Å². The first kappa shape index (κ1) is 12.7. The van der Waals surface area contributed by atoms with Crippen LogP contribution in [0.1, 0.15) is 34.6 Å². The second kappa shape index (κ2) is 4.81. The van der Waals surface area contributed by atoms with E-state index in [1.807, 2.05) is 46.8 Å². The van der Waals surface area contributed by atoms with Crippen molar-refractivity contribution in [3.8, 4) is 6.07 Å². The van der Waals surface area contributed by atoms with E-state index < -0.39 is 5.41 Å². The lowest BCUT2D eigenvalue weighted by molar-refractivity contribution is 0.611. The van der Waals surface area contributed by atoms with Crippen molar-refractivity contribution in [1.29, 1.82) is 5.26 Å². The number of nitrogens with zero attached hydrogens (tertiary/aromatic N) is 1. The summed E-state index contributed by atoms with van der Waals surface area (Å²) in [7, 11) is 0. The van der Waals surface area contributed by atoms with Gasteiger partial charge in [-0.2, -0.15) is 5.26 Å². The van der Waals surface area contributed by atoms with Gasteiger partial charge in [0.2, 0.25) is 0 Å². The standard InChI is InChI=1S/C13H19N/c1-7-12(13(5,6)9-14)8-11(4)10(2)3/h7-8H,2H2,1,3-6H3/b11-8+,12-7+. The maximum atomic E-state index is 9.00. The Balaban J connectivity index is 5.10. The molecule has 0 aliphatic rings. The summed E-state index contributed by atoms with van der Waals surface area (Å²) in [5.41, 5.74) is 2.78. The molecule has 0 saturated heterocycles. The zero-order valence-corrected chi connectivity index (χ0v) is 9.81. The lowest BCUT2D eigenvalue weighted by Gasteiger charge is -2.17. The normalized spacial score (nSPS) is 13.7. The summed E-state index contributed by atoms with van der Waals surface area (Å²) in [4.78, 5) is 0. The van der Waals surface area contributed by atoms with Crippen molar-refractivity contribution in [2.45, 2.75) is 34.6 Å². The van der Waals surface area contributed by atoms with E-state index in [-0.39, 0.29) is 0 Å². The summed E-state index contributed by atoms with van der Waals surface area (Å²) in [5.74, 6) is 0. The second-order valence-corrected chi connectivity index (χ2v) is 4.09. The van der Waals surface area contributed by atoms with Gasteiger partial charge in [0.1, 0.15) is 0 Å². The first-order valence-corrected chi connectivity index (χ1v) is 4.77. The largest absolute Gasteiger partial charge is 0.197 e. The van der Waals surface area contributed by atoms with Crippen LogP contribution in [0.2, 0.25) is 0 Å². The molecule has 0 N–H and O–H groups in total. The maximum Gasteiger partial charge on any atom is 0.0763 e. The Morgan fingerprint density at radius 2 is 1.86 bits per heavy atom. The Labute approximate surface area is 87.4 Å². The fourth-order valence-corrected chi connectivity index (χ4v) is 1.05. The van der Waals surface area contributed by atoms with Crippen molar-refractivity contribution in [3.05, 3.63) is 35.5 Å². The molecule has 0 atom stereocenters. The van der Waals surface area contributed by atoms with Gasteiger partial charge >= 0.3 is 0 Å². The highest BCUT2D eigenvalue weighted by Crippen LogP contribution is 2.27. The molecule has 0 aliphatic heterocycles. The Morgan fingerprint density at radius 1 is 1.36 bits per heavy atom. The number of rotatable bonds is 3. The molecule has 0 amide bonds. The van der Waals surface area contributed by atoms with Gasteiger partial charge in [-0.25, -0.2) is 0 Å². The van der Waals surface area contributed by atoms with E-state index in [2.05, 4.69) is 12.6 Å². The molecule has 0 saturated carbocycles. The Hall–Kier alpha value is -1.29. The van der Waals surface area contributed by atoms with Gasteiger partial charge in [0.25, 0.3) is 0 Å². The van der Waals surface area contributed by atoms with Gasteiger partial charge in [-0.15, -0.1) is 0 Å². The highest BCUT2D eigenvalue weighted by atomic mass is 14.3. The smallest absolute Gasteiger partial charge is 0.0763 e. The molecule has 0 heterocycles. The molecular formula is C13H19N. The highest BCUT2D eigenvalue weighted by Gasteiger charge is 2.20. The lowest BCUT2D eigenvalue weighted by atomic mass is 9.84. The topological polar surface area (TPSA) is 23.8 Å². The molecular weight excluding hydrogens is 170 g/mol. The Kier molecular flexibility index (Phi) is 4.37. The van der Waals surface area contributed by atoms with E-state index in [9.17, 15) is 0 Å². The van der Waals surface area contributed by atoms with Gasteiger partial charge < -0.3 is 0 Å². The summed E-state index contributed by atoms with van der Waals surface area (Å²) >= 11 is 0. The lowest BCUT2D eigenvalue weighted by Crippen LogP contribution is -2.10. The van der Waals surface area contributed by atoms with E-state index >= 15 is 0 Å². The third-order valence-electron chi connectivity index (χ3n) is 2.36. The van der Waals surface area contributed by atoms with Crippen LogP contribution in [0.3, 0.4) is 0 Å². The van der Waals surface area contributed by atoms with E-state index in [0.717, 1.165) is 16.7 Å². The average molecular weight is 189 g/mol. The van der Waals surface area contributed by atoms with Crippen molar-refractivity contribution in [2.24, 2.45) is 5.41 Å². The molecule has 0 aromatic rings. The molecule has 0 bridgehead atoms. The molecule has 0 fully saturated rings. The molecule has 0 rings (SSSR count). The summed E-state index contributed by atoms with van der Waals surface area (Å²) in [6, 6.07) is 2.29. The molecule has 0 aliphatic carbocycles. The van der Waals surface area contributed by atoms with Crippen molar-refractivity contribution in [2.75, 3.05) is 0 Å². The fraction of sp³-hybridized carbons (Fsp3) is 0.462. The number of allylic oxidation sites excluding steroid dienone is 5. The second-order valence-electron chi connectivity index (χ2n) is 4.09. The van der Waals surface area contributed by atoms with Gasteiger partial charge in [0.05, 0.1) is 11.5 Å². The van der Waals surface area contributed by atoms with Crippen LogP contribution in [0.5, 0.6) is 0 Å². The molecule has 0 aromatic carbocycles. The molecule has 1 heteroatoms.